The van der Waals surface area contributed by atoms with Crippen LogP contribution >= 0.6 is 0 Å². The standard InChI is InChI=1S/C12H16N2O2/c1-14-11(15)6-5-9-3-2-4-10(12(9)14)7-8-16-13/h2-4H,5-8,13H2,1H3. The zero-order valence-corrected chi connectivity index (χ0v) is 9.40. The number of aryl methyl sites for hydroxylation is 1. The van der Waals surface area contributed by atoms with Gasteiger partial charge in [-0.15, -0.1) is 0 Å². The van der Waals surface area contributed by atoms with E-state index in [0.717, 1.165) is 24.1 Å². The number of carbonyl (C=O) groups excluding carboxylic acids is 1. The number of hydrogen-bond donors (Lipinski definition) is 1. The number of hydrogen-bond acceptors (Lipinski definition) is 3. The minimum Gasteiger partial charge on any atom is -0.315 e. The molecule has 1 amide bonds. The first-order chi connectivity index (χ1) is 7.74. The molecule has 0 aliphatic carbocycles. The Balaban J connectivity index is 2.36. The third-order valence-electron chi connectivity index (χ3n) is 3.01. The van der Waals surface area contributed by atoms with Crippen molar-refractivity contribution in [1.82, 2.24) is 0 Å². The van der Waals surface area contributed by atoms with Gasteiger partial charge < -0.3 is 9.74 Å². The Morgan fingerprint density at radius 3 is 3.00 bits per heavy atom. The smallest absolute Gasteiger partial charge is 0.227 e. The molecule has 0 aromatic heterocycles. The number of amides is 1. The molecule has 2 rings (SSSR count). The van der Waals surface area contributed by atoms with Crippen LogP contribution in [-0.4, -0.2) is 19.6 Å². The van der Waals surface area contributed by atoms with E-state index in [0.29, 0.717) is 13.0 Å². The molecule has 1 aliphatic rings. The zero-order chi connectivity index (χ0) is 11.5. The Bertz CT molecular complexity index is 404. The molecule has 1 aliphatic heterocycles. The molecule has 86 valence electrons. The highest BCUT2D eigenvalue weighted by atomic mass is 16.6. The molecule has 1 aromatic carbocycles. The summed E-state index contributed by atoms with van der Waals surface area (Å²) in [5, 5.41) is 0. The van der Waals surface area contributed by atoms with Crippen molar-refractivity contribution >= 4 is 11.6 Å². The average molecular weight is 220 g/mol. The SMILES string of the molecule is CN1C(=O)CCc2cccc(CCON)c21. The summed E-state index contributed by atoms with van der Waals surface area (Å²) in [6, 6.07) is 6.12. The summed E-state index contributed by atoms with van der Waals surface area (Å²) >= 11 is 0. The van der Waals surface area contributed by atoms with E-state index >= 15 is 0 Å². The predicted octanol–water partition coefficient (Wildman–Crippen LogP) is 1.03. The summed E-state index contributed by atoms with van der Waals surface area (Å²) in [6.45, 7) is 0.471. The molecule has 0 saturated carbocycles. The van der Waals surface area contributed by atoms with Gasteiger partial charge in [0.15, 0.2) is 0 Å². The van der Waals surface area contributed by atoms with Gasteiger partial charge in [0, 0.05) is 19.2 Å². The highest BCUT2D eigenvalue weighted by Crippen LogP contribution is 2.30. The van der Waals surface area contributed by atoms with Crippen LogP contribution in [0.2, 0.25) is 0 Å². The first kappa shape index (κ1) is 11.1. The number of benzene rings is 1. The topological polar surface area (TPSA) is 55.6 Å². The Hall–Kier alpha value is -1.39. The van der Waals surface area contributed by atoms with Crippen LogP contribution in [0.4, 0.5) is 5.69 Å². The molecule has 0 unspecified atom stereocenters. The first-order valence-corrected chi connectivity index (χ1v) is 5.43. The zero-order valence-electron chi connectivity index (χ0n) is 9.40. The van der Waals surface area contributed by atoms with Crippen molar-refractivity contribution in [1.29, 1.82) is 0 Å². The number of nitrogens with two attached hydrogens (primary N) is 1. The number of nitrogens with zero attached hydrogens (tertiary/aromatic N) is 1. The van der Waals surface area contributed by atoms with Gasteiger partial charge in [0.05, 0.1) is 6.61 Å². The first-order valence-electron chi connectivity index (χ1n) is 5.43. The lowest BCUT2D eigenvalue weighted by atomic mass is 9.96. The maximum atomic E-state index is 11.7. The normalized spacial score (nSPS) is 15.1. The molecule has 2 N–H and O–H groups in total. The second-order valence-corrected chi connectivity index (χ2v) is 4.00. The van der Waals surface area contributed by atoms with Crippen LogP contribution in [-0.2, 0) is 22.5 Å². The third-order valence-corrected chi connectivity index (χ3v) is 3.01. The van der Waals surface area contributed by atoms with E-state index in [4.69, 9.17) is 5.90 Å². The van der Waals surface area contributed by atoms with Crippen LogP contribution in [0, 0.1) is 0 Å². The molecule has 4 nitrogen and oxygen atoms in total. The number of rotatable bonds is 3. The molecule has 1 heterocycles. The average Bonchev–Trinajstić information content (AvgIpc) is 2.31. The summed E-state index contributed by atoms with van der Waals surface area (Å²) in [5.41, 5.74) is 3.39. The summed E-state index contributed by atoms with van der Waals surface area (Å²) < 4.78 is 0. The lowest BCUT2D eigenvalue weighted by molar-refractivity contribution is -0.118. The van der Waals surface area contributed by atoms with Crippen molar-refractivity contribution < 1.29 is 9.63 Å². The monoisotopic (exact) mass is 220 g/mol. The van der Waals surface area contributed by atoms with Crippen LogP contribution in [0.15, 0.2) is 18.2 Å². The van der Waals surface area contributed by atoms with Crippen LogP contribution in [0.1, 0.15) is 17.5 Å². The third kappa shape index (κ3) is 1.94. The Morgan fingerprint density at radius 1 is 1.44 bits per heavy atom. The number of para-hydroxylation sites is 1. The quantitative estimate of drug-likeness (QED) is 0.774. The molecule has 0 radical (unpaired) electrons. The Morgan fingerprint density at radius 2 is 2.25 bits per heavy atom. The molecule has 0 saturated heterocycles. The molecule has 0 atom stereocenters. The molecular formula is C12H16N2O2. The Labute approximate surface area is 94.9 Å². The second kappa shape index (κ2) is 4.63. The van der Waals surface area contributed by atoms with E-state index in [9.17, 15) is 4.79 Å². The minimum atomic E-state index is 0.175. The fraction of sp³-hybridized carbons (Fsp3) is 0.417. The molecule has 16 heavy (non-hydrogen) atoms. The van der Waals surface area contributed by atoms with E-state index in [-0.39, 0.29) is 5.91 Å². The van der Waals surface area contributed by atoms with Gasteiger partial charge in [0.25, 0.3) is 0 Å². The summed E-state index contributed by atoms with van der Waals surface area (Å²) in [4.78, 5) is 18.0. The predicted molar refractivity (Wildman–Crippen MR) is 62.0 cm³/mol. The van der Waals surface area contributed by atoms with E-state index in [2.05, 4.69) is 10.9 Å². The lowest BCUT2D eigenvalue weighted by Gasteiger charge is -2.28. The van der Waals surface area contributed by atoms with Crippen molar-refractivity contribution in [2.75, 3.05) is 18.6 Å². The second-order valence-electron chi connectivity index (χ2n) is 4.00. The molecule has 1 aromatic rings. The van der Waals surface area contributed by atoms with Crippen LogP contribution in [0.5, 0.6) is 0 Å². The van der Waals surface area contributed by atoms with Crippen molar-refractivity contribution in [3.05, 3.63) is 29.3 Å². The van der Waals surface area contributed by atoms with Gasteiger partial charge >= 0.3 is 0 Å². The summed E-state index contributed by atoms with van der Waals surface area (Å²) in [5.74, 6) is 5.21. The number of carbonyl (C=O) groups is 1. The fourth-order valence-electron chi connectivity index (χ4n) is 2.18. The van der Waals surface area contributed by atoms with Crippen LogP contribution in [0.3, 0.4) is 0 Å². The summed E-state index contributed by atoms with van der Waals surface area (Å²) in [6.07, 6.45) is 2.16. The minimum absolute atomic E-state index is 0.175. The fourth-order valence-corrected chi connectivity index (χ4v) is 2.18. The van der Waals surface area contributed by atoms with Crippen LogP contribution in [0.25, 0.3) is 0 Å². The Kier molecular flexibility index (Phi) is 3.22. The van der Waals surface area contributed by atoms with Gasteiger partial charge in [-0.1, -0.05) is 18.2 Å². The van der Waals surface area contributed by atoms with Gasteiger partial charge in [-0.25, -0.2) is 5.90 Å². The molecule has 0 bridgehead atoms. The highest BCUT2D eigenvalue weighted by molar-refractivity contribution is 5.96. The molecule has 0 spiro atoms. The lowest BCUT2D eigenvalue weighted by Crippen LogP contribution is -2.32. The summed E-state index contributed by atoms with van der Waals surface area (Å²) in [7, 11) is 1.83. The molecule has 0 fully saturated rings. The highest BCUT2D eigenvalue weighted by Gasteiger charge is 2.22. The van der Waals surface area contributed by atoms with E-state index in [1.54, 1.807) is 4.90 Å². The van der Waals surface area contributed by atoms with E-state index in [1.807, 2.05) is 19.2 Å². The van der Waals surface area contributed by atoms with Crippen molar-refractivity contribution in [2.24, 2.45) is 5.90 Å². The molecular weight excluding hydrogens is 204 g/mol. The largest absolute Gasteiger partial charge is 0.315 e. The molecule has 4 heteroatoms. The van der Waals surface area contributed by atoms with E-state index in [1.165, 1.54) is 5.56 Å². The van der Waals surface area contributed by atoms with E-state index < -0.39 is 0 Å². The van der Waals surface area contributed by atoms with Gasteiger partial charge in [-0.05, 0) is 24.0 Å². The van der Waals surface area contributed by atoms with Crippen molar-refractivity contribution in [2.45, 2.75) is 19.3 Å². The van der Waals surface area contributed by atoms with Crippen molar-refractivity contribution in [3.63, 3.8) is 0 Å². The van der Waals surface area contributed by atoms with Gasteiger partial charge in [-0.3, -0.25) is 4.79 Å². The maximum Gasteiger partial charge on any atom is 0.227 e. The van der Waals surface area contributed by atoms with Gasteiger partial charge in [-0.2, -0.15) is 0 Å². The van der Waals surface area contributed by atoms with Crippen molar-refractivity contribution in [3.8, 4) is 0 Å². The maximum absolute atomic E-state index is 11.7. The van der Waals surface area contributed by atoms with Crippen LogP contribution < -0.4 is 10.8 Å². The van der Waals surface area contributed by atoms with Gasteiger partial charge in [0.2, 0.25) is 5.91 Å². The number of fused-ring (bicyclic) bond motifs is 1. The van der Waals surface area contributed by atoms with Gasteiger partial charge in [0.1, 0.15) is 0 Å². The number of anilines is 1.